The van der Waals surface area contributed by atoms with Crippen LogP contribution in [0.4, 0.5) is 0 Å². The van der Waals surface area contributed by atoms with Crippen molar-refractivity contribution in [2.45, 2.75) is 4.90 Å². The average Bonchev–Trinajstić information content (AvgIpc) is 2.36. The van der Waals surface area contributed by atoms with Gasteiger partial charge in [-0.15, -0.1) is 12.4 Å². The van der Waals surface area contributed by atoms with Gasteiger partial charge < -0.3 is 10.1 Å². The second-order valence-electron chi connectivity index (χ2n) is 3.72. The minimum absolute atomic E-state index is 0. The summed E-state index contributed by atoms with van der Waals surface area (Å²) in [5, 5.41) is 3.49. The van der Waals surface area contributed by atoms with Crippen LogP contribution in [0.25, 0.3) is 0 Å². The van der Waals surface area contributed by atoms with Gasteiger partial charge in [-0.3, -0.25) is 0 Å². The number of halogens is 3. The summed E-state index contributed by atoms with van der Waals surface area (Å²) in [5.41, 5.74) is 0. The quantitative estimate of drug-likeness (QED) is 0.693. The Bertz CT molecular complexity index is 512. The molecule has 0 aliphatic heterocycles. The molecule has 0 unspecified atom stereocenters. The van der Waals surface area contributed by atoms with E-state index in [1.165, 1.54) is 18.2 Å². The Morgan fingerprint density at radius 2 is 1.90 bits per heavy atom. The number of ether oxygens (including phenoxy) is 1. The van der Waals surface area contributed by atoms with Crippen molar-refractivity contribution in [3.8, 4) is 0 Å². The number of hydrogen-bond acceptors (Lipinski definition) is 4. The standard InChI is InChI=1S/C11H16Cl2N2O3S.ClH/c1-18-7-6-14-4-5-15-19(16,17)11-8-9(12)2-3-10(11)13;/h2-3,8,14-15H,4-7H2,1H3;1H. The molecule has 0 amide bonds. The van der Waals surface area contributed by atoms with Crippen LogP contribution in [0.15, 0.2) is 23.1 Å². The summed E-state index contributed by atoms with van der Waals surface area (Å²) in [5.74, 6) is 0. The van der Waals surface area contributed by atoms with Crippen molar-refractivity contribution in [3.05, 3.63) is 28.2 Å². The lowest BCUT2D eigenvalue weighted by atomic mass is 10.4. The molecule has 1 aromatic rings. The fraction of sp³-hybridized carbons (Fsp3) is 0.455. The average molecular weight is 364 g/mol. The molecule has 0 aliphatic carbocycles. The highest BCUT2D eigenvalue weighted by Crippen LogP contribution is 2.24. The van der Waals surface area contributed by atoms with E-state index < -0.39 is 10.0 Å². The van der Waals surface area contributed by atoms with Crippen molar-refractivity contribution in [1.29, 1.82) is 0 Å². The van der Waals surface area contributed by atoms with Crippen LogP contribution in [0.3, 0.4) is 0 Å². The van der Waals surface area contributed by atoms with E-state index in [0.717, 1.165) is 0 Å². The molecular weight excluding hydrogens is 347 g/mol. The maximum atomic E-state index is 12.0. The summed E-state index contributed by atoms with van der Waals surface area (Å²) < 4.78 is 31.3. The van der Waals surface area contributed by atoms with E-state index in [4.69, 9.17) is 27.9 Å². The van der Waals surface area contributed by atoms with Crippen LogP contribution in [-0.4, -0.2) is 41.8 Å². The maximum absolute atomic E-state index is 12.0. The number of benzene rings is 1. The van der Waals surface area contributed by atoms with Crippen molar-refractivity contribution < 1.29 is 13.2 Å². The van der Waals surface area contributed by atoms with Crippen molar-refractivity contribution in [2.24, 2.45) is 0 Å². The van der Waals surface area contributed by atoms with E-state index in [2.05, 4.69) is 10.0 Å². The van der Waals surface area contributed by atoms with Crippen LogP contribution >= 0.6 is 35.6 Å². The molecule has 0 bridgehead atoms. The molecule has 1 rings (SSSR count). The molecule has 2 N–H and O–H groups in total. The molecule has 0 saturated carbocycles. The summed E-state index contributed by atoms with van der Waals surface area (Å²) in [7, 11) is -2.04. The second-order valence-corrected chi connectivity index (χ2v) is 6.29. The van der Waals surface area contributed by atoms with Gasteiger partial charge in [0.2, 0.25) is 10.0 Å². The maximum Gasteiger partial charge on any atom is 0.242 e. The van der Waals surface area contributed by atoms with Gasteiger partial charge in [-0.25, -0.2) is 13.1 Å². The smallest absolute Gasteiger partial charge is 0.242 e. The summed E-state index contributed by atoms with van der Waals surface area (Å²) >= 11 is 11.6. The molecule has 1 aromatic carbocycles. The van der Waals surface area contributed by atoms with Gasteiger partial charge in [0.25, 0.3) is 0 Å². The molecular formula is C11H17Cl3N2O3S. The van der Waals surface area contributed by atoms with E-state index in [1.807, 2.05) is 0 Å². The zero-order valence-electron chi connectivity index (χ0n) is 10.9. The molecule has 0 radical (unpaired) electrons. The Balaban J connectivity index is 0.00000361. The zero-order chi connectivity index (χ0) is 14.3. The first-order chi connectivity index (χ1) is 8.97. The molecule has 0 spiro atoms. The van der Waals surface area contributed by atoms with Crippen LogP contribution in [0.2, 0.25) is 10.0 Å². The van der Waals surface area contributed by atoms with Crippen LogP contribution in [0.1, 0.15) is 0 Å². The lowest BCUT2D eigenvalue weighted by Gasteiger charge is -2.09. The summed E-state index contributed by atoms with van der Waals surface area (Å²) in [4.78, 5) is -0.0152. The Morgan fingerprint density at radius 3 is 2.55 bits per heavy atom. The van der Waals surface area contributed by atoms with Gasteiger partial charge in [-0.05, 0) is 18.2 Å². The Morgan fingerprint density at radius 1 is 1.20 bits per heavy atom. The topological polar surface area (TPSA) is 67.4 Å². The van der Waals surface area contributed by atoms with E-state index >= 15 is 0 Å². The van der Waals surface area contributed by atoms with Crippen molar-refractivity contribution in [3.63, 3.8) is 0 Å². The van der Waals surface area contributed by atoms with E-state index in [9.17, 15) is 8.42 Å². The number of sulfonamides is 1. The third-order valence-electron chi connectivity index (χ3n) is 2.26. The largest absolute Gasteiger partial charge is 0.383 e. The number of methoxy groups -OCH3 is 1. The highest BCUT2D eigenvalue weighted by Gasteiger charge is 2.17. The van der Waals surface area contributed by atoms with E-state index in [0.29, 0.717) is 24.7 Å². The fourth-order valence-electron chi connectivity index (χ4n) is 1.33. The first kappa shape index (κ1) is 19.9. The first-order valence-corrected chi connectivity index (χ1v) is 7.85. The second kappa shape index (κ2) is 9.78. The van der Waals surface area contributed by atoms with Gasteiger partial charge in [0.15, 0.2) is 0 Å². The van der Waals surface area contributed by atoms with Crippen molar-refractivity contribution in [1.82, 2.24) is 10.0 Å². The minimum atomic E-state index is -3.64. The van der Waals surface area contributed by atoms with Crippen LogP contribution in [0, 0.1) is 0 Å². The molecule has 0 aliphatic rings. The van der Waals surface area contributed by atoms with Crippen molar-refractivity contribution >= 4 is 45.6 Å². The van der Waals surface area contributed by atoms with E-state index in [1.54, 1.807) is 7.11 Å². The summed E-state index contributed by atoms with van der Waals surface area (Å²) in [6, 6.07) is 4.31. The Kier molecular flexibility index (Phi) is 9.74. The third kappa shape index (κ3) is 6.58. The third-order valence-corrected chi connectivity index (χ3v) is 4.44. The first-order valence-electron chi connectivity index (χ1n) is 5.62. The summed E-state index contributed by atoms with van der Waals surface area (Å²) in [6.45, 7) is 2.00. The number of hydrogen-bond donors (Lipinski definition) is 2. The predicted molar refractivity (Wildman–Crippen MR) is 83.6 cm³/mol. The monoisotopic (exact) mass is 362 g/mol. The minimum Gasteiger partial charge on any atom is -0.383 e. The number of rotatable bonds is 8. The summed E-state index contributed by atoms with van der Waals surface area (Å²) in [6.07, 6.45) is 0. The molecule has 116 valence electrons. The van der Waals surface area contributed by atoms with Crippen LogP contribution in [0.5, 0.6) is 0 Å². The highest BCUT2D eigenvalue weighted by molar-refractivity contribution is 7.89. The molecule has 20 heavy (non-hydrogen) atoms. The molecule has 5 nitrogen and oxygen atoms in total. The van der Waals surface area contributed by atoms with Gasteiger partial charge in [0.05, 0.1) is 11.6 Å². The lowest BCUT2D eigenvalue weighted by molar-refractivity contribution is 0.199. The SMILES string of the molecule is COCCNCCNS(=O)(=O)c1cc(Cl)ccc1Cl.Cl. The van der Waals surface area contributed by atoms with Crippen LogP contribution < -0.4 is 10.0 Å². The molecule has 0 saturated heterocycles. The number of nitrogens with one attached hydrogen (secondary N) is 2. The molecule has 0 aromatic heterocycles. The fourth-order valence-corrected chi connectivity index (χ4v) is 3.13. The normalized spacial score (nSPS) is 11.2. The van der Waals surface area contributed by atoms with Gasteiger partial charge in [0, 0.05) is 31.8 Å². The Labute approximate surface area is 135 Å². The van der Waals surface area contributed by atoms with Crippen molar-refractivity contribution in [2.75, 3.05) is 33.4 Å². The molecule has 0 fully saturated rings. The lowest BCUT2D eigenvalue weighted by Crippen LogP contribution is -2.33. The van der Waals surface area contributed by atoms with Crippen LogP contribution in [-0.2, 0) is 14.8 Å². The van der Waals surface area contributed by atoms with E-state index in [-0.39, 0.29) is 28.9 Å². The zero-order valence-corrected chi connectivity index (χ0v) is 14.0. The molecule has 0 heterocycles. The van der Waals surface area contributed by atoms with Gasteiger partial charge in [-0.1, -0.05) is 23.2 Å². The Hall–Kier alpha value is -0.0800. The predicted octanol–water partition coefficient (Wildman–Crippen LogP) is 1.93. The van der Waals surface area contributed by atoms with Gasteiger partial charge in [0.1, 0.15) is 4.90 Å². The highest BCUT2D eigenvalue weighted by atomic mass is 35.5. The molecule has 0 atom stereocenters. The van der Waals surface area contributed by atoms with Gasteiger partial charge in [-0.2, -0.15) is 0 Å². The van der Waals surface area contributed by atoms with Gasteiger partial charge >= 0.3 is 0 Å². The molecule has 9 heteroatoms.